The van der Waals surface area contributed by atoms with Crippen molar-refractivity contribution in [1.82, 2.24) is 20.9 Å². The van der Waals surface area contributed by atoms with Crippen LogP contribution in [0.25, 0.3) is 0 Å². The van der Waals surface area contributed by atoms with Crippen LogP contribution >= 0.6 is 0 Å². The van der Waals surface area contributed by atoms with Gasteiger partial charge in [-0.1, -0.05) is 45.4 Å². The molecule has 0 aromatic carbocycles. The maximum Gasteiger partial charge on any atom is 0.295 e. The molecule has 3 aliphatic rings. The van der Waals surface area contributed by atoms with Crippen LogP contribution in [0.2, 0.25) is 0 Å². The number of aliphatic hydroxyl groups is 5. The minimum Gasteiger partial charge on any atom is -0.394 e. The number of nitrogens with one attached hydrogen (secondary N) is 3. The Morgan fingerprint density at radius 3 is 2.23 bits per heavy atom. The monoisotopic (exact) mass is 857 g/mol. The molecule has 0 aromatic heterocycles. The molecule has 2 saturated heterocycles. The summed E-state index contributed by atoms with van der Waals surface area (Å²) >= 11 is 0. The van der Waals surface area contributed by atoms with Crippen molar-refractivity contribution in [3.8, 4) is 12.3 Å². The van der Waals surface area contributed by atoms with E-state index < -0.39 is 98.4 Å². The molecule has 2 heterocycles. The van der Waals surface area contributed by atoms with Crippen molar-refractivity contribution in [3.63, 3.8) is 0 Å². The predicted octanol–water partition coefficient (Wildman–Crippen LogP) is -0.299. The van der Waals surface area contributed by atoms with Crippen LogP contribution < -0.4 is 16.0 Å². The fraction of sp³-hybridized carbons (Fsp3) is 0.857. The highest BCUT2D eigenvalue weighted by atomic mass is 16.7. The zero-order valence-electron chi connectivity index (χ0n) is 36.0. The fourth-order valence-corrected chi connectivity index (χ4v) is 8.03. The average molecular weight is 857 g/mol. The summed E-state index contributed by atoms with van der Waals surface area (Å²) in [4.78, 5) is 53.5. The van der Waals surface area contributed by atoms with Gasteiger partial charge in [-0.15, -0.1) is 6.42 Å². The third-order valence-corrected chi connectivity index (χ3v) is 11.7. The Hall–Kier alpha value is -2.96. The van der Waals surface area contributed by atoms with Crippen LogP contribution in [0.4, 0.5) is 0 Å². The molecule has 3 fully saturated rings. The van der Waals surface area contributed by atoms with E-state index in [4.69, 9.17) is 30.1 Å². The number of nitrogens with zero attached hydrogens (tertiary/aromatic N) is 1. The number of terminal acetylenes is 1. The summed E-state index contributed by atoms with van der Waals surface area (Å²) in [5.41, 5.74) is 0. The molecule has 1 saturated carbocycles. The van der Waals surface area contributed by atoms with E-state index in [-0.39, 0.29) is 49.8 Å². The van der Waals surface area contributed by atoms with Gasteiger partial charge in [-0.05, 0) is 64.2 Å². The van der Waals surface area contributed by atoms with Gasteiger partial charge in [-0.25, -0.2) is 0 Å². The molecule has 8 N–H and O–H groups in total. The number of carbonyl (C=O) groups excluding carboxylic acids is 4. The number of ether oxygens (including phenoxy) is 5. The van der Waals surface area contributed by atoms with Gasteiger partial charge in [0.2, 0.25) is 11.8 Å². The Kier molecular flexibility index (Phi) is 22.7. The largest absolute Gasteiger partial charge is 0.394 e. The minimum atomic E-state index is -1.42. The zero-order valence-corrected chi connectivity index (χ0v) is 36.0. The van der Waals surface area contributed by atoms with Crippen LogP contribution in [0.5, 0.6) is 0 Å². The van der Waals surface area contributed by atoms with Crippen LogP contribution in [0.1, 0.15) is 98.8 Å². The molecular formula is C42H72N4O14. The van der Waals surface area contributed by atoms with E-state index >= 15 is 0 Å². The van der Waals surface area contributed by atoms with Gasteiger partial charge in [-0.3, -0.25) is 19.2 Å². The highest BCUT2D eigenvalue weighted by Crippen LogP contribution is 2.33. The summed E-state index contributed by atoms with van der Waals surface area (Å²) in [6.07, 6.45) is 1.76. The summed E-state index contributed by atoms with van der Waals surface area (Å²) in [6.45, 7) is 8.51. The van der Waals surface area contributed by atoms with Gasteiger partial charge >= 0.3 is 0 Å². The second kappa shape index (κ2) is 26.5. The molecule has 18 heteroatoms. The Morgan fingerprint density at radius 1 is 0.967 bits per heavy atom. The number of hydrogen-bond acceptors (Lipinski definition) is 14. The van der Waals surface area contributed by atoms with Gasteiger partial charge in [0.1, 0.15) is 42.7 Å². The SMILES string of the molecule is C#CC(=O)NCCNC(=O)C(C[C@@H](CC)CO[C@@H](C)OC(C)C(O)[C@H](O)CO)C[C@H](C)O[C@@H]1O[C@@H](CO)C(O)C(O[C@@H](CC2CCCCC2)C(=O)N2CCC2)C1NC(C)=O. The van der Waals surface area contributed by atoms with E-state index in [9.17, 15) is 44.7 Å². The number of hydrogen-bond donors (Lipinski definition) is 8. The first-order chi connectivity index (χ1) is 28.6. The Balaban J connectivity index is 1.80. The van der Waals surface area contributed by atoms with Crippen molar-refractivity contribution in [3.05, 3.63) is 0 Å². The van der Waals surface area contributed by atoms with E-state index in [1.807, 2.05) is 12.8 Å². The number of carbonyl (C=O) groups is 4. The van der Waals surface area contributed by atoms with Gasteiger partial charge in [0.25, 0.3) is 11.8 Å². The van der Waals surface area contributed by atoms with Crippen molar-refractivity contribution in [2.45, 2.75) is 166 Å². The minimum absolute atomic E-state index is 0.0969. The molecule has 0 bridgehead atoms. The average Bonchev–Trinajstić information content (AvgIpc) is 3.20. The number of rotatable bonds is 26. The molecule has 4 amide bonds. The standard InChI is InChI=1S/C42H72N4O14/c1-7-29(24-56-28(6)58-26(4)37(52)32(50)22-47)20-31(40(54)44-16-15-43-35(51)8-2)19-25(3)57-42-36(45-27(5)49)39(38(53)34(23-48)60-42)59-33(41(55)46-17-12-18-46)21-30-13-10-9-11-14-30/h2,25-26,28-34,36-39,42,47-48,50,52-53H,7,9-24H2,1,3-6H3,(H,43,51)(H,44,54)(H,45,49)/t25-,26?,28+,29+,31?,32+,33-,34-,36?,37?,38?,39?,42+/m0/s1. The Labute approximate surface area is 354 Å². The molecule has 3 rings (SSSR count). The highest BCUT2D eigenvalue weighted by molar-refractivity contribution is 5.92. The first-order valence-corrected chi connectivity index (χ1v) is 21.7. The van der Waals surface area contributed by atoms with Gasteiger partial charge in [-0.2, -0.15) is 0 Å². The van der Waals surface area contributed by atoms with Gasteiger partial charge in [0, 0.05) is 39.0 Å². The van der Waals surface area contributed by atoms with Crippen LogP contribution in [0.3, 0.4) is 0 Å². The lowest BCUT2D eigenvalue weighted by Gasteiger charge is -2.46. The van der Waals surface area contributed by atoms with Crippen molar-refractivity contribution < 1.29 is 68.4 Å². The molecule has 13 atom stereocenters. The third kappa shape index (κ3) is 16.4. The summed E-state index contributed by atoms with van der Waals surface area (Å²) < 4.78 is 30.7. The van der Waals surface area contributed by atoms with E-state index in [0.29, 0.717) is 32.4 Å². The molecule has 6 unspecified atom stereocenters. The summed E-state index contributed by atoms with van der Waals surface area (Å²) in [5, 5.41) is 59.2. The van der Waals surface area contributed by atoms with Crippen LogP contribution in [-0.4, -0.2) is 168 Å². The lowest BCUT2D eigenvalue weighted by Crippen LogP contribution is -2.67. The second-order valence-electron chi connectivity index (χ2n) is 16.5. The number of aliphatic hydroxyl groups excluding tert-OH is 5. The molecule has 18 nitrogen and oxygen atoms in total. The molecule has 60 heavy (non-hydrogen) atoms. The predicted molar refractivity (Wildman–Crippen MR) is 217 cm³/mol. The molecule has 0 radical (unpaired) electrons. The van der Waals surface area contributed by atoms with E-state index in [0.717, 1.165) is 38.5 Å². The van der Waals surface area contributed by atoms with Crippen LogP contribution in [0, 0.1) is 30.1 Å². The summed E-state index contributed by atoms with van der Waals surface area (Å²) in [5.74, 6) is -0.199. The molecule has 0 spiro atoms. The first kappa shape index (κ1) is 51.4. The molecule has 344 valence electrons. The van der Waals surface area contributed by atoms with E-state index in [1.165, 1.54) is 6.92 Å². The number of amides is 4. The lowest BCUT2D eigenvalue weighted by molar-refractivity contribution is -0.292. The lowest BCUT2D eigenvalue weighted by atomic mass is 9.85. The third-order valence-electron chi connectivity index (χ3n) is 11.7. The van der Waals surface area contributed by atoms with E-state index in [1.54, 1.807) is 25.7 Å². The molecule has 1 aliphatic carbocycles. The maximum absolute atomic E-state index is 13.8. The van der Waals surface area contributed by atoms with E-state index in [2.05, 4.69) is 16.0 Å². The molecular weight excluding hydrogens is 784 g/mol. The summed E-state index contributed by atoms with van der Waals surface area (Å²) in [7, 11) is 0. The van der Waals surface area contributed by atoms with Crippen molar-refractivity contribution in [2.24, 2.45) is 17.8 Å². The topological polar surface area (TPSA) is 255 Å². The van der Waals surface area contributed by atoms with Crippen molar-refractivity contribution in [2.75, 3.05) is 46.0 Å². The Bertz CT molecular complexity index is 1360. The smallest absolute Gasteiger partial charge is 0.295 e. The molecule has 2 aliphatic heterocycles. The molecule has 0 aromatic rings. The Morgan fingerprint density at radius 2 is 1.65 bits per heavy atom. The fourth-order valence-electron chi connectivity index (χ4n) is 8.03. The zero-order chi connectivity index (χ0) is 44.4. The maximum atomic E-state index is 13.8. The normalized spacial score (nSPS) is 26.2. The van der Waals surface area contributed by atoms with Crippen molar-refractivity contribution >= 4 is 23.6 Å². The van der Waals surface area contributed by atoms with Crippen LogP contribution in [-0.2, 0) is 42.9 Å². The highest BCUT2D eigenvalue weighted by Gasteiger charge is 2.49. The van der Waals surface area contributed by atoms with Gasteiger partial charge in [0.05, 0.1) is 32.0 Å². The quantitative estimate of drug-likeness (QED) is 0.0316. The second-order valence-corrected chi connectivity index (χ2v) is 16.5. The summed E-state index contributed by atoms with van der Waals surface area (Å²) in [6, 6.07) is -1.09. The van der Waals surface area contributed by atoms with Crippen molar-refractivity contribution in [1.29, 1.82) is 0 Å². The first-order valence-electron chi connectivity index (χ1n) is 21.7. The van der Waals surface area contributed by atoms with Crippen LogP contribution in [0.15, 0.2) is 0 Å². The van der Waals surface area contributed by atoms with Gasteiger partial charge in [0.15, 0.2) is 12.6 Å². The van der Waals surface area contributed by atoms with Gasteiger partial charge < -0.3 is 70.1 Å². The number of likely N-dealkylation sites (tertiary alicyclic amines) is 1.